The molecular weight excluding hydrogens is 379 g/mol. The van der Waals surface area contributed by atoms with Gasteiger partial charge in [0.2, 0.25) is 11.8 Å². The zero-order valence-electron chi connectivity index (χ0n) is 15.3. The van der Waals surface area contributed by atoms with Crippen LogP contribution in [0, 0.1) is 5.92 Å². The molecule has 0 saturated carbocycles. The van der Waals surface area contributed by atoms with Crippen LogP contribution in [0.5, 0.6) is 0 Å². The highest BCUT2D eigenvalue weighted by Gasteiger charge is 2.31. The number of thiophene rings is 1. The van der Waals surface area contributed by atoms with Gasteiger partial charge in [0.05, 0.1) is 5.92 Å². The molecule has 1 aromatic heterocycles. The lowest BCUT2D eigenvalue weighted by atomic mass is 10.0. The molecule has 0 bridgehead atoms. The number of alkyl halides is 3. The molecule has 152 valence electrons. The Bertz CT molecular complexity index is 607. The molecule has 1 aromatic rings. The topological polar surface area (TPSA) is 61.4 Å². The quantitative estimate of drug-likeness (QED) is 0.733. The van der Waals surface area contributed by atoms with Crippen molar-refractivity contribution in [2.75, 3.05) is 26.7 Å². The summed E-state index contributed by atoms with van der Waals surface area (Å²) in [6.07, 6.45) is -1.30. The number of amides is 2. The van der Waals surface area contributed by atoms with E-state index in [1.165, 1.54) is 4.88 Å². The van der Waals surface area contributed by atoms with Gasteiger partial charge in [-0.1, -0.05) is 6.07 Å². The van der Waals surface area contributed by atoms with Crippen molar-refractivity contribution in [1.82, 2.24) is 15.5 Å². The van der Waals surface area contributed by atoms with Gasteiger partial charge in [0.25, 0.3) is 0 Å². The van der Waals surface area contributed by atoms with Gasteiger partial charge in [-0.05, 0) is 44.2 Å². The Morgan fingerprint density at radius 1 is 1.30 bits per heavy atom. The Morgan fingerprint density at radius 3 is 2.74 bits per heavy atom. The fourth-order valence-corrected chi connectivity index (χ4v) is 4.00. The molecule has 0 aliphatic carbocycles. The molecule has 2 atom stereocenters. The number of hydrogen-bond donors (Lipinski definition) is 2. The first-order valence-corrected chi connectivity index (χ1v) is 9.95. The van der Waals surface area contributed by atoms with E-state index in [1.807, 2.05) is 34.8 Å². The Morgan fingerprint density at radius 2 is 2.07 bits per heavy atom. The van der Waals surface area contributed by atoms with Gasteiger partial charge in [-0.2, -0.15) is 13.2 Å². The summed E-state index contributed by atoms with van der Waals surface area (Å²) in [4.78, 5) is 27.3. The maximum absolute atomic E-state index is 12.3. The number of nitrogens with one attached hydrogen (secondary N) is 2. The minimum atomic E-state index is -4.41. The van der Waals surface area contributed by atoms with Crippen LogP contribution >= 0.6 is 11.3 Å². The van der Waals surface area contributed by atoms with Gasteiger partial charge in [0, 0.05) is 30.4 Å². The van der Waals surface area contributed by atoms with Crippen LogP contribution in [0.25, 0.3) is 0 Å². The Kier molecular flexibility index (Phi) is 8.09. The number of rotatable bonds is 7. The Balaban J connectivity index is 1.74. The fourth-order valence-electron chi connectivity index (χ4n) is 3.25. The van der Waals surface area contributed by atoms with Gasteiger partial charge in [-0.25, -0.2) is 0 Å². The second-order valence-corrected chi connectivity index (χ2v) is 8.06. The highest BCUT2D eigenvalue weighted by Crippen LogP contribution is 2.18. The molecule has 5 nitrogen and oxygen atoms in total. The predicted octanol–water partition coefficient (Wildman–Crippen LogP) is 2.58. The van der Waals surface area contributed by atoms with Crippen molar-refractivity contribution < 1.29 is 22.8 Å². The molecule has 0 radical (unpaired) electrons. The monoisotopic (exact) mass is 405 g/mol. The first-order chi connectivity index (χ1) is 12.7. The average molecular weight is 405 g/mol. The highest BCUT2D eigenvalue weighted by atomic mass is 32.1. The van der Waals surface area contributed by atoms with E-state index in [9.17, 15) is 22.8 Å². The van der Waals surface area contributed by atoms with Crippen LogP contribution < -0.4 is 10.6 Å². The molecule has 0 aromatic carbocycles. The highest BCUT2D eigenvalue weighted by molar-refractivity contribution is 7.09. The Hall–Kier alpha value is -1.61. The lowest BCUT2D eigenvalue weighted by Gasteiger charge is -2.22. The third-order valence-electron chi connectivity index (χ3n) is 4.53. The van der Waals surface area contributed by atoms with Crippen LogP contribution in [0.4, 0.5) is 13.2 Å². The number of carbonyl (C=O) groups is 2. The summed E-state index contributed by atoms with van der Waals surface area (Å²) in [7, 11) is 1.81. The van der Waals surface area contributed by atoms with Crippen LogP contribution in [0.2, 0.25) is 0 Å². The normalized spacial score (nSPS) is 21.5. The molecule has 27 heavy (non-hydrogen) atoms. The van der Waals surface area contributed by atoms with Crippen molar-refractivity contribution in [2.24, 2.45) is 5.92 Å². The van der Waals surface area contributed by atoms with Crippen molar-refractivity contribution in [1.29, 1.82) is 0 Å². The van der Waals surface area contributed by atoms with E-state index in [1.54, 1.807) is 11.3 Å². The first kappa shape index (κ1) is 21.7. The molecular formula is C18H26F3N3O2S. The summed E-state index contributed by atoms with van der Waals surface area (Å²) in [6, 6.07) is 3.94. The Labute approximate surface area is 161 Å². The van der Waals surface area contributed by atoms with Gasteiger partial charge in [0.15, 0.2) is 0 Å². The zero-order chi connectivity index (χ0) is 19.9. The van der Waals surface area contributed by atoms with E-state index in [0.29, 0.717) is 32.4 Å². The molecule has 2 amide bonds. The SMILES string of the molecule is CN1C[C@@H](NC(=O)CCCc2cccs2)CC[C@@H](C(=O)NCC(F)(F)F)C1. The van der Waals surface area contributed by atoms with Gasteiger partial charge in [0.1, 0.15) is 6.54 Å². The number of hydrogen-bond acceptors (Lipinski definition) is 4. The number of carbonyl (C=O) groups excluding carboxylic acids is 2. The van der Waals surface area contributed by atoms with Crippen molar-refractivity contribution >= 4 is 23.2 Å². The minimum absolute atomic E-state index is 0.0232. The number of likely N-dealkylation sites (tertiary alicyclic amines) is 1. The largest absolute Gasteiger partial charge is 0.405 e. The van der Waals surface area contributed by atoms with Gasteiger partial charge in [-0.3, -0.25) is 9.59 Å². The van der Waals surface area contributed by atoms with Crippen LogP contribution in [0.3, 0.4) is 0 Å². The molecule has 2 rings (SSSR count). The van der Waals surface area contributed by atoms with E-state index in [0.717, 1.165) is 12.8 Å². The van der Waals surface area contributed by atoms with Crippen LogP contribution in [-0.4, -0.2) is 55.6 Å². The lowest BCUT2D eigenvalue weighted by Crippen LogP contribution is -2.42. The van der Waals surface area contributed by atoms with Crippen molar-refractivity contribution in [3.63, 3.8) is 0 Å². The second-order valence-electron chi connectivity index (χ2n) is 7.03. The molecule has 1 saturated heterocycles. The molecule has 1 aliphatic heterocycles. The van der Waals surface area contributed by atoms with Crippen LogP contribution in [-0.2, 0) is 16.0 Å². The summed E-state index contributed by atoms with van der Waals surface area (Å²) >= 11 is 1.67. The number of likely N-dealkylation sites (N-methyl/N-ethyl adjacent to an activating group) is 1. The lowest BCUT2D eigenvalue weighted by molar-refractivity contribution is -0.141. The van der Waals surface area contributed by atoms with Crippen LogP contribution in [0.1, 0.15) is 30.6 Å². The summed E-state index contributed by atoms with van der Waals surface area (Å²) in [5.74, 6) is -1.11. The summed E-state index contributed by atoms with van der Waals surface area (Å²) < 4.78 is 36.8. The maximum atomic E-state index is 12.3. The molecule has 1 aliphatic rings. The average Bonchev–Trinajstić information content (AvgIpc) is 3.01. The first-order valence-electron chi connectivity index (χ1n) is 9.07. The smallest absolute Gasteiger partial charge is 0.352 e. The molecule has 2 N–H and O–H groups in total. The molecule has 9 heteroatoms. The standard InChI is InChI=1S/C18H26F3N3O2S/c1-24-10-13(17(26)22-12-18(19,20)21)7-8-14(11-24)23-16(25)6-2-4-15-5-3-9-27-15/h3,5,9,13-14H,2,4,6-8,10-12H2,1H3,(H,22,26)(H,23,25)/t13-,14+/m1/s1. The zero-order valence-corrected chi connectivity index (χ0v) is 16.2. The maximum Gasteiger partial charge on any atom is 0.405 e. The molecule has 0 unspecified atom stereocenters. The third-order valence-corrected chi connectivity index (χ3v) is 5.47. The van der Waals surface area contributed by atoms with E-state index in [2.05, 4.69) is 5.32 Å². The van der Waals surface area contributed by atoms with Crippen molar-refractivity contribution in [3.05, 3.63) is 22.4 Å². The number of halogens is 3. The third kappa shape index (κ3) is 8.30. The van der Waals surface area contributed by atoms with Gasteiger partial charge in [-0.15, -0.1) is 11.3 Å². The summed E-state index contributed by atoms with van der Waals surface area (Å²) in [6.45, 7) is -0.343. The van der Waals surface area contributed by atoms with E-state index >= 15 is 0 Å². The van der Waals surface area contributed by atoms with E-state index in [-0.39, 0.29) is 11.9 Å². The fraction of sp³-hybridized carbons (Fsp3) is 0.667. The minimum Gasteiger partial charge on any atom is -0.352 e. The molecule has 0 spiro atoms. The van der Waals surface area contributed by atoms with Crippen molar-refractivity contribution in [2.45, 2.75) is 44.3 Å². The van der Waals surface area contributed by atoms with Gasteiger partial charge >= 0.3 is 6.18 Å². The number of nitrogens with zero attached hydrogens (tertiary/aromatic N) is 1. The number of aryl methyl sites for hydroxylation is 1. The van der Waals surface area contributed by atoms with E-state index in [4.69, 9.17) is 0 Å². The van der Waals surface area contributed by atoms with Crippen LogP contribution in [0.15, 0.2) is 17.5 Å². The summed E-state index contributed by atoms with van der Waals surface area (Å²) in [5.41, 5.74) is 0. The molecule has 1 fully saturated rings. The summed E-state index contributed by atoms with van der Waals surface area (Å²) in [5, 5.41) is 6.97. The van der Waals surface area contributed by atoms with Gasteiger partial charge < -0.3 is 15.5 Å². The van der Waals surface area contributed by atoms with Crippen molar-refractivity contribution in [3.8, 4) is 0 Å². The van der Waals surface area contributed by atoms with E-state index < -0.39 is 24.5 Å². The second kappa shape index (κ2) is 10.1. The molecule has 2 heterocycles. The predicted molar refractivity (Wildman–Crippen MR) is 98.5 cm³/mol.